The summed E-state index contributed by atoms with van der Waals surface area (Å²) in [5.41, 5.74) is -0.779. The Hall–Kier alpha value is -0.850. The predicted molar refractivity (Wildman–Crippen MR) is 62.8 cm³/mol. The normalized spacial score (nSPS) is 32.7. The fourth-order valence-electron chi connectivity index (χ4n) is 2.31. The molecule has 0 aromatic heterocycles. The monoisotopic (exact) mass is 243 g/mol. The molecule has 2 rings (SSSR count). The molecule has 2 saturated heterocycles. The summed E-state index contributed by atoms with van der Waals surface area (Å²) in [5, 5.41) is 16.2. The second-order valence-corrected chi connectivity index (χ2v) is 5.02. The van der Waals surface area contributed by atoms with Crippen molar-refractivity contribution in [2.24, 2.45) is 0 Å². The first-order valence-electron chi connectivity index (χ1n) is 6.12. The molecule has 0 aromatic carbocycles. The lowest BCUT2D eigenvalue weighted by molar-refractivity contribution is 0.0364. The molecule has 98 valence electrons. The summed E-state index contributed by atoms with van der Waals surface area (Å²) >= 11 is 0. The number of nitrogens with zero attached hydrogens (tertiary/aromatic N) is 1. The zero-order valence-electron chi connectivity index (χ0n) is 10.2. The summed E-state index contributed by atoms with van der Waals surface area (Å²) < 4.78 is 5.20. The van der Waals surface area contributed by atoms with Gasteiger partial charge in [0.05, 0.1) is 24.8 Å². The summed E-state index contributed by atoms with van der Waals surface area (Å²) in [4.78, 5) is 13.4. The summed E-state index contributed by atoms with van der Waals surface area (Å²) in [6.45, 7) is 3.02. The summed E-state index contributed by atoms with van der Waals surface area (Å²) in [5.74, 6) is 0. The number of likely N-dealkylation sites (N-methyl/N-ethyl adjacent to an activating group) is 1. The molecule has 2 heterocycles. The Morgan fingerprint density at radius 2 is 2.53 bits per heavy atom. The molecule has 3 N–H and O–H groups in total. The van der Waals surface area contributed by atoms with E-state index in [9.17, 15) is 9.90 Å². The van der Waals surface area contributed by atoms with Gasteiger partial charge in [0.2, 0.25) is 0 Å². The lowest BCUT2D eigenvalue weighted by Crippen LogP contribution is -2.50. The molecule has 0 bridgehead atoms. The highest BCUT2D eigenvalue weighted by molar-refractivity contribution is 5.74. The topological polar surface area (TPSA) is 73.8 Å². The van der Waals surface area contributed by atoms with E-state index in [1.54, 1.807) is 11.9 Å². The van der Waals surface area contributed by atoms with Crippen LogP contribution < -0.4 is 10.6 Å². The van der Waals surface area contributed by atoms with Gasteiger partial charge in [-0.1, -0.05) is 0 Å². The van der Waals surface area contributed by atoms with Gasteiger partial charge in [0.15, 0.2) is 0 Å². The number of rotatable bonds is 3. The zero-order valence-corrected chi connectivity index (χ0v) is 10.2. The molecule has 6 nitrogen and oxygen atoms in total. The minimum absolute atomic E-state index is 0.112. The van der Waals surface area contributed by atoms with Crippen LogP contribution in [0.1, 0.15) is 12.8 Å². The average molecular weight is 243 g/mol. The van der Waals surface area contributed by atoms with Gasteiger partial charge in [0, 0.05) is 20.2 Å². The Balaban J connectivity index is 1.78. The van der Waals surface area contributed by atoms with Crippen LogP contribution in [0, 0.1) is 0 Å². The Bertz CT molecular complexity index is 273. The SMILES string of the molecule is CN(CC1(O)CCNC1)C(=O)NC1CCOC1. The van der Waals surface area contributed by atoms with Crippen molar-refractivity contribution < 1.29 is 14.6 Å². The van der Waals surface area contributed by atoms with E-state index in [1.807, 2.05) is 0 Å². The van der Waals surface area contributed by atoms with Crippen molar-refractivity contribution in [3.8, 4) is 0 Å². The number of β-amino-alcohol motifs (C(OH)–C–C–N with tert-alkyl or cyclic N) is 1. The van der Waals surface area contributed by atoms with Gasteiger partial charge in [-0.2, -0.15) is 0 Å². The lowest BCUT2D eigenvalue weighted by Gasteiger charge is -2.28. The Labute approximate surface area is 101 Å². The number of amides is 2. The van der Waals surface area contributed by atoms with Crippen LogP contribution in [0.15, 0.2) is 0 Å². The molecule has 2 unspecified atom stereocenters. The van der Waals surface area contributed by atoms with Crippen molar-refractivity contribution in [1.82, 2.24) is 15.5 Å². The van der Waals surface area contributed by atoms with Crippen LogP contribution in [0.4, 0.5) is 4.79 Å². The number of ether oxygens (including phenoxy) is 1. The highest BCUT2D eigenvalue weighted by atomic mass is 16.5. The van der Waals surface area contributed by atoms with Gasteiger partial charge < -0.3 is 25.4 Å². The van der Waals surface area contributed by atoms with Crippen LogP contribution in [0.2, 0.25) is 0 Å². The van der Waals surface area contributed by atoms with Crippen LogP contribution in [0.5, 0.6) is 0 Å². The van der Waals surface area contributed by atoms with Gasteiger partial charge >= 0.3 is 6.03 Å². The van der Waals surface area contributed by atoms with E-state index in [-0.39, 0.29) is 12.1 Å². The first-order chi connectivity index (χ1) is 8.09. The molecule has 0 aliphatic carbocycles. The van der Waals surface area contributed by atoms with Gasteiger partial charge in [-0.05, 0) is 19.4 Å². The largest absolute Gasteiger partial charge is 0.387 e. The molecular weight excluding hydrogens is 222 g/mol. The number of carbonyl (C=O) groups excluding carboxylic acids is 1. The second-order valence-electron chi connectivity index (χ2n) is 5.02. The third-order valence-electron chi connectivity index (χ3n) is 3.36. The molecular formula is C11H21N3O3. The van der Waals surface area contributed by atoms with Crippen LogP contribution in [0.25, 0.3) is 0 Å². The van der Waals surface area contributed by atoms with Crippen molar-refractivity contribution in [1.29, 1.82) is 0 Å². The fourth-order valence-corrected chi connectivity index (χ4v) is 2.31. The minimum atomic E-state index is -0.779. The number of urea groups is 1. The standard InChI is InChI=1S/C11H21N3O3/c1-14(8-11(16)3-4-12-7-11)10(15)13-9-2-5-17-6-9/h9,12,16H,2-8H2,1H3,(H,13,15). The van der Waals surface area contributed by atoms with Crippen LogP contribution in [-0.2, 0) is 4.74 Å². The molecule has 0 saturated carbocycles. The van der Waals surface area contributed by atoms with Crippen LogP contribution >= 0.6 is 0 Å². The van der Waals surface area contributed by atoms with Crippen molar-refractivity contribution in [3.05, 3.63) is 0 Å². The van der Waals surface area contributed by atoms with Gasteiger partial charge in [-0.3, -0.25) is 0 Å². The van der Waals surface area contributed by atoms with Crippen molar-refractivity contribution >= 4 is 6.03 Å². The summed E-state index contributed by atoms with van der Waals surface area (Å²) in [6, 6.07) is -0.0258. The van der Waals surface area contributed by atoms with Gasteiger partial charge in [0.25, 0.3) is 0 Å². The number of hydrogen-bond acceptors (Lipinski definition) is 4. The maximum atomic E-state index is 11.9. The molecule has 0 aromatic rings. The zero-order chi connectivity index (χ0) is 12.3. The quantitative estimate of drug-likeness (QED) is 0.603. The van der Waals surface area contributed by atoms with E-state index in [0.29, 0.717) is 32.7 Å². The summed E-state index contributed by atoms with van der Waals surface area (Å²) in [7, 11) is 1.71. The number of aliphatic hydroxyl groups is 1. The van der Waals surface area contributed by atoms with Crippen molar-refractivity contribution in [2.75, 3.05) is 39.9 Å². The van der Waals surface area contributed by atoms with E-state index >= 15 is 0 Å². The maximum absolute atomic E-state index is 11.9. The van der Waals surface area contributed by atoms with Crippen LogP contribution in [-0.4, -0.2) is 67.6 Å². The average Bonchev–Trinajstić information content (AvgIpc) is 2.90. The minimum Gasteiger partial charge on any atom is -0.387 e. The van der Waals surface area contributed by atoms with E-state index in [2.05, 4.69) is 10.6 Å². The Morgan fingerprint density at radius 1 is 1.71 bits per heavy atom. The van der Waals surface area contributed by atoms with Crippen molar-refractivity contribution in [3.63, 3.8) is 0 Å². The Kier molecular flexibility index (Phi) is 3.86. The molecule has 6 heteroatoms. The number of hydrogen-bond donors (Lipinski definition) is 3. The van der Waals surface area contributed by atoms with Gasteiger partial charge in [0.1, 0.15) is 0 Å². The highest BCUT2D eigenvalue weighted by Crippen LogP contribution is 2.15. The smallest absolute Gasteiger partial charge is 0.317 e. The predicted octanol–water partition coefficient (Wildman–Crippen LogP) is -0.859. The molecule has 17 heavy (non-hydrogen) atoms. The third-order valence-corrected chi connectivity index (χ3v) is 3.36. The molecule has 2 aliphatic heterocycles. The number of carbonyl (C=O) groups is 1. The second kappa shape index (κ2) is 5.20. The van der Waals surface area contributed by atoms with Gasteiger partial charge in [-0.25, -0.2) is 4.79 Å². The molecule has 0 radical (unpaired) electrons. The van der Waals surface area contributed by atoms with Gasteiger partial charge in [-0.15, -0.1) is 0 Å². The van der Waals surface area contributed by atoms with E-state index in [1.165, 1.54) is 0 Å². The maximum Gasteiger partial charge on any atom is 0.317 e. The first kappa shape index (κ1) is 12.6. The van der Waals surface area contributed by atoms with Crippen LogP contribution in [0.3, 0.4) is 0 Å². The molecule has 2 amide bonds. The van der Waals surface area contributed by atoms with E-state index in [0.717, 1.165) is 13.0 Å². The van der Waals surface area contributed by atoms with Crippen molar-refractivity contribution in [2.45, 2.75) is 24.5 Å². The first-order valence-corrected chi connectivity index (χ1v) is 6.12. The van der Waals surface area contributed by atoms with E-state index < -0.39 is 5.60 Å². The fraction of sp³-hybridized carbons (Fsp3) is 0.909. The molecule has 2 fully saturated rings. The Morgan fingerprint density at radius 3 is 3.12 bits per heavy atom. The summed E-state index contributed by atoms with van der Waals surface area (Å²) in [6.07, 6.45) is 1.56. The molecule has 0 spiro atoms. The lowest BCUT2D eigenvalue weighted by atomic mass is 10.0. The van der Waals surface area contributed by atoms with E-state index in [4.69, 9.17) is 4.74 Å². The molecule has 2 aliphatic rings. The third kappa shape index (κ3) is 3.31. The highest BCUT2D eigenvalue weighted by Gasteiger charge is 2.33. The molecule has 2 atom stereocenters. The number of nitrogens with one attached hydrogen (secondary N) is 2.